The van der Waals surface area contributed by atoms with Gasteiger partial charge < -0.3 is 5.32 Å². The summed E-state index contributed by atoms with van der Waals surface area (Å²) in [6.45, 7) is 0.279. The molecule has 2 aliphatic rings. The number of rotatable bonds is 5. The third-order valence-electron chi connectivity index (χ3n) is 6.05. The Bertz CT molecular complexity index is 983. The molecule has 8 heteroatoms. The Balaban J connectivity index is 1.49. The molecule has 1 aromatic carbocycles. The number of carbonyl (C=O) groups excluding carboxylic acids is 3. The maximum absolute atomic E-state index is 13.0. The normalized spacial score (nSPS) is 20.3. The van der Waals surface area contributed by atoms with Crippen LogP contribution in [-0.4, -0.2) is 22.7 Å². The van der Waals surface area contributed by atoms with Crippen LogP contribution >= 0.6 is 23.2 Å². The maximum atomic E-state index is 13.0. The topological polar surface area (TPSA) is 88.2 Å². The van der Waals surface area contributed by atoms with E-state index in [2.05, 4.69) is 15.6 Å². The number of piperidine rings is 1. The first-order valence-corrected chi connectivity index (χ1v) is 10.7. The fourth-order valence-electron chi connectivity index (χ4n) is 4.24. The number of nitrogens with one attached hydrogen (secondary N) is 2. The van der Waals surface area contributed by atoms with Crippen LogP contribution in [0, 0.1) is 0 Å². The second-order valence-corrected chi connectivity index (χ2v) is 8.65. The van der Waals surface area contributed by atoms with E-state index >= 15 is 0 Å². The Morgan fingerprint density at radius 1 is 1.17 bits per heavy atom. The largest absolute Gasteiger partial charge is 0.351 e. The molecule has 2 aromatic rings. The highest BCUT2D eigenvalue weighted by Crippen LogP contribution is 2.44. The van der Waals surface area contributed by atoms with E-state index in [1.165, 1.54) is 0 Å². The predicted molar refractivity (Wildman–Crippen MR) is 113 cm³/mol. The monoisotopic (exact) mass is 445 g/mol. The average molecular weight is 446 g/mol. The summed E-state index contributed by atoms with van der Waals surface area (Å²) in [5.74, 6) is -1.26. The van der Waals surface area contributed by atoms with E-state index in [1.807, 2.05) is 12.1 Å². The molecule has 1 atom stereocenters. The molecule has 30 heavy (non-hydrogen) atoms. The summed E-state index contributed by atoms with van der Waals surface area (Å²) in [7, 11) is 0. The molecule has 1 aliphatic carbocycles. The van der Waals surface area contributed by atoms with Crippen molar-refractivity contribution in [3.05, 3.63) is 63.4 Å². The Labute approximate surface area is 184 Å². The molecular formula is C22H21Cl2N3O3. The highest BCUT2D eigenvalue weighted by atomic mass is 35.5. The number of amides is 3. The van der Waals surface area contributed by atoms with Crippen LogP contribution in [-0.2, 0) is 26.3 Å². The van der Waals surface area contributed by atoms with E-state index in [4.69, 9.17) is 23.2 Å². The number of hydrogen-bond acceptors (Lipinski definition) is 4. The Hall–Kier alpha value is -2.44. The molecule has 2 heterocycles. The van der Waals surface area contributed by atoms with E-state index in [0.717, 1.165) is 30.4 Å². The molecule has 0 spiro atoms. The van der Waals surface area contributed by atoms with Crippen molar-refractivity contribution in [1.29, 1.82) is 0 Å². The van der Waals surface area contributed by atoms with Crippen LogP contribution in [0.2, 0.25) is 10.0 Å². The van der Waals surface area contributed by atoms with Crippen molar-refractivity contribution in [2.45, 2.75) is 50.0 Å². The number of carbonyl (C=O) groups is 3. The number of halogens is 2. The summed E-state index contributed by atoms with van der Waals surface area (Å²) < 4.78 is 0. The van der Waals surface area contributed by atoms with E-state index in [-0.39, 0.29) is 30.7 Å². The smallest absolute Gasteiger partial charge is 0.234 e. The summed E-state index contributed by atoms with van der Waals surface area (Å²) >= 11 is 12.9. The Morgan fingerprint density at radius 3 is 2.40 bits per heavy atom. The van der Waals surface area contributed by atoms with Crippen molar-refractivity contribution in [2.24, 2.45) is 0 Å². The number of benzene rings is 1. The van der Waals surface area contributed by atoms with Gasteiger partial charge in [0.05, 0.1) is 11.3 Å². The van der Waals surface area contributed by atoms with E-state index < -0.39 is 11.3 Å². The van der Waals surface area contributed by atoms with Crippen molar-refractivity contribution < 1.29 is 14.4 Å². The highest BCUT2D eigenvalue weighted by molar-refractivity contribution is 6.36. The maximum Gasteiger partial charge on any atom is 0.234 e. The SMILES string of the molecule is O=C1CCC(c2c(Cl)cc(CNC(=O)C3(c4ccncc4)CCC3)cc2Cl)C(=O)N1. The molecule has 3 amide bonds. The fourth-order valence-corrected chi connectivity index (χ4v) is 5.04. The van der Waals surface area contributed by atoms with Gasteiger partial charge in [0.25, 0.3) is 0 Å². The van der Waals surface area contributed by atoms with Gasteiger partial charge in [-0.25, -0.2) is 0 Å². The van der Waals surface area contributed by atoms with Crippen molar-refractivity contribution >= 4 is 40.9 Å². The van der Waals surface area contributed by atoms with Gasteiger partial charge in [0.2, 0.25) is 17.7 Å². The molecule has 0 bridgehead atoms. The fraction of sp³-hybridized carbons (Fsp3) is 0.364. The van der Waals surface area contributed by atoms with Gasteiger partial charge in [-0.05, 0) is 54.7 Å². The lowest BCUT2D eigenvalue weighted by Gasteiger charge is -2.40. The van der Waals surface area contributed by atoms with Crippen molar-refractivity contribution in [2.75, 3.05) is 0 Å². The second kappa shape index (κ2) is 8.36. The van der Waals surface area contributed by atoms with Gasteiger partial charge in [-0.1, -0.05) is 29.6 Å². The number of pyridine rings is 1. The minimum Gasteiger partial charge on any atom is -0.351 e. The summed E-state index contributed by atoms with van der Waals surface area (Å²) in [5, 5.41) is 6.04. The van der Waals surface area contributed by atoms with E-state index in [9.17, 15) is 14.4 Å². The van der Waals surface area contributed by atoms with Gasteiger partial charge in [0.15, 0.2) is 0 Å². The van der Waals surface area contributed by atoms with Gasteiger partial charge in [0.1, 0.15) is 0 Å². The zero-order valence-corrected chi connectivity index (χ0v) is 17.7. The van der Waals surface area contributed by atoms with Crippen molar-refractivity contribution in [3.63, 3.8) is 0 Å². The summed E-state index contributed by atoms with van der Waals surface area (Å²) in [6, 6.07) is 7.21. The minimum atomic E-state index is -0.559. The first kappa shape index (κ1) is 20.8. The lowest BCUT2D eigenvalue weighted by molar-refractivity contribution is -0.134. The first-order valence-electron chi connectivity index (χ1n) is 9.91. The minimum absolute atomic E-state index is 0.0264. The van der Waals surface area contributed by atoms with Crippen LogP contribution < -0.4 is 10.6 Å². The zero-order chi connectivity index (χ0) is 21.3. The summed E-state index contributed by atoms with van der Waals surface area (Å²) in [4.78, 5) is 40.6. The quantitative estimate of drug-likeness (QED) is 0.687. The lowest BCUT2D eigenvalue weighted by atomic mass is 9.64. The molecule has 4 rings (SSSR count). The van der Waals surface area contributed by atoms with E-state index in [1.54, 1.807) is 24.5 Å². The highest BCUT2D eigenvalue weighted by Gasteiger charge is 2.45. The first-order chi connectivity index (χ1) is 14.4. The molecule has 0 radical (unpaired) electrons. The molecule has 1 saturated carbocycles. The molecule has 2 fully saturated rings. The molecule has 1 unspecified atom stereocenters. The molecule has 2 N–H and O–H groups in total. The standard InChI is InChI=1S/C22H21Cl2N3O3/c23-16-10-13(11-17(24)19(16)15-2-3-18(28)27-20(15)29)12-26-21(30)22(6-1-7-22)14-4-8-25-9-5-14/h4-5,8-11,15H,1-3,6-7,12H2,(H,26,30)(H,27,28,29). The number of aromatic nitrogens is 1. The molecule has 1 aliphatic heterocycles. The van der Waals surface area contributed by atoms with Gasteiger partial charge in [-0.15, -0.1) is 0 Å². The molecule has 6 nitrogen and oxygen atoms in total. The Morgan fingerprint density at radius 2 is 1.83 bits per heavy atom. The molecule has 1 saturated heterocycles. The van der Waals surface area contributed by atoms with Gasteiger partial charge >= 0.3 is 0 Å². The number of imide groups is 1. The third kappa shape index (κ3) is 3.82. The summed E-state index contributed by atoms with van der Waals surface area (Å²) in [5.41, 5.74) is 1.73. The van der Waals surface area contributed by atoms with Crippen LogP contribution in [0.3, 0.4) is 0 Å². The molecular weight excluding hydrogens is 425 g/mol. The van der Waals surface area contributed by atoms with Gasteiger partial charge in [-0.3, -0.25) is 24.7 Å². The Kier molecular flexibility index (Phi) is 5.80. The lowest BCUT2D eigenvalue weighted by Crippen LogP contribution is -2.49. The number of nitrogens with zero attached hydrogens (tertiary/aromatic N) is 1. The van der Waals surface area contributed by atoms with Crippen LogP contribution in [0.5, 0.6) is 0 Å². The van der Waals surface area contributed by atoms with Crippen LogP contribution in [0.15, 0.2) is 36.7 Å². The predicted octanol–water partition coefficient (Wildman–Crippen LogP) is 3.65. The number of hydrogen-bond donors (Lipinski definition) is 2. The second-order valence-electron chi connectivity index (χ2n) is 7.83. The van der Waals surface area contributed by atoms with Crippen molar-refractivity contribution in [3.8, 4) is 0 Å². The van der Waals surface area contributed by atoms with Gasteiger partial charge in [0, 0.05) is 41.0 Å². The van der Waals surface area contributed by atoms with Crippen LogP contribution in [0.1, 0.15) is 54.7 Å². The molecule has 156 valence electrons. The van der Waals surface area contributed by atoms with E-state index in [0.29, 0.717) is 22.0 Å². The van der Waals surface area contributed by atoms with Crippen LogP contribution in [0.25, 0.3) is 0 Å². The zero-order valence-electron chi connectivity index (χ0n) is 16.2. The third-order valence-corrected chi connectivity index (χ3v) is 6.68. The van der Waals surface area contributed by atoms with Crippen molar-refractivity contribution in [1.82, 2.24) is 15.6 Å². The van der Waals surface area contributed by atoms with Gasteiger partial charge in [-0.2, -0.15) is 0 Å². The average Bonchev–Trinajstić information content (AvgIpc) is 2.67. The molecule has 1 aromatic heterocycles. The summed E-state index contributed by atoms with van der Waals surface area (Å²) in [6.07, 6.45) is 6.64. The van der Waals surface area contributed by atoms with Crippen LogP contribution in [0.4, 0.5) is 0 Å².